The number of aliphatic imine (C=N–C) groups is 1. The van der Waals surface area contributed by atoms with Crippen LogP contribution in [0.3, 0.4) is 0 Å². The van der Waals surface area contributed by atoms with Gasteiger partial charge in [-0.05, 0) is 37.3 Å². The molecule has 4 rings (SSSR count). The summed E-state index contributed by atoms with van der Waals surface area (Å²) in [7, 11) is 0. The number of halogens is 2. The first-order valence-corrected chi connectivity index (χ1v) is 9.35. The molecule has 0 bridgehead atoms. The van der Waals surface area contributed by atoms with Crippen LogP contribution in [0.1, 0.15) is 55.5 Å². The minimum absolute atomic E-state index is 0.204. The summed E-state index contributed by atoms with van der Waals surface area (Å²) in [5.74, 6) is 1.56. The molecule has 132 valence electrons. The summed E-state index contributed by atoms with van der Waals surface area (Å²) >= 11 is 3.54. The maximum absolute atomic E-state index is 14.6. The van der Waals surface area contributed by atoms with Crippen LogP contribution in [-0.2, 0) is 0 Å². The highest BCUT2D eigenvalue weighted by Crippen LogP contribution is 2.34. The minimum atomic E-state index is -0.286. The SMILES string of the molecule is CC(C)c1nnc2n1-c1ccc(Br)cc1C(c1ccccc1F)=NC2C. The van der Waals surface area contributed by atoms with Gasteiger partial charge < -0.3 is 0 Å². The third-order valence-corrected chi connectivity index (χ3v) is 5.00. The van der Waals surface area contributed by atoms with Crippen molar-refractivity contribution in [2.24, 2.45) is 4.99 Å². The normalized spacial score (nSPS) is 16.1. The highest BCUT2D eigenvalue weighted by atomic mass is 79.9. The fourth-order valence-electron chi connectivity index (χ4n) is 3.28. The number of hydrogen-bond donors (Lipinski definition) is 0. The van der Waals surface area contributed by atoms with Crippen molar-refractivity contribution >= 4 is 21.6 Å². The Labute approximate surface area is 159 Å². The van der Waals surface area contributed by atoms with Gasteiger partial charge >= 0.3 is 0 Å². The maximum Gasteiger partial charge on any atom is 0.162 e. The number of aromatic nitrogens is 3. The predicted octanol–water partition coefficient (Wildman–Crippen LogP) is 5.20. The van der Waals surface area contributed by atoms with Gasteiger partial charge in [-0.2, -0.15) is 0 Å². The van der Waals surface area contributed by atoms with Crippen LogP contribution < -0.4 is 0 Å². The van der Waals surface area contributed by atoms with E-state index in [1.807, 2.05) is 31.2 Å². The van der Waals surface area contributed by atoms with Crippen LogP contribution in [0.4, 0.5) is 4.39 Å². The van der Waals surface area contributed by atoms with Crippen LogP contribution in [-0.4, -0.2) is 20.5 Å². The van der Waals surface area contributed by atoms with E-state index in [-0.39, 0.29) is 17.8 Å². The van der Waals surface area contributed by atoms with Crippen LogP contribution in [0.5, 0.6) is 0 Å². The van der Waals surface area contributed by atoms with Gasteiger partial charge in [-0.15, -0.1) is 10.2 Å². The van der Waals surface area contributed by atoms with Crippen molar-refractivity contribution in [2.75, 3.05) is 0 Å². The predicted molar refractivity (Wildman–Crippen MR) is 104 cm³/mol. The molecule has 0 aliphatic carbocycles. The van der Waals surface area contributed by atoms with Gasteiger partial charge in [-0.1, -0.05) is 41.9 Å². The van der Waals surface area contributed by atoms with Gasteiger partial charge in [-0.3, -0.25) is 9.56 Å². The number of nitrogens with zero attached hydrogens (tertiary/aromatic N) is 4. The molecule has 1 unspecified atom stereocenters. The molecule has 2 aromatic carbocycles. The Kier molecular flexibility index (Phi) is 4.23. The standard InChI is InChI=1S/C20H18BrFN4/c1-11(2)19-24-25-20-12(3)23-18(14-6-4-5-7-16(14)22)15-10-13(21)8-9-17(15)26(19)20/h4-12H,1-3H3. The summed E-state index contributed by atoms with van der Waals surface area (Å²) in [5.41, 5.74) is 2.90. The van der Waals surface area contributed by atoms with Crippen molar-refractivity contribution in [3.63, 3.8) is 0 Å². The van der Waals surface area contributed by atoms with Gasteiger partial charge in [-0.25, -0.2) is 4.39 Å². The highest BCUT2D eigenvalue weighted by Gasteiger charge is 2.28. The zero-order valence-corrected chi connectivity index (χ0v) is 16.3. The lowest BCUT2D eigenvalue weighted by atomic mass is 9.99. The second-order valence-electron chi connectivity index (χ2n) is 6.70. The lowest BCUT2D eigenvalue weighted by molar-refractivity contribution is 0.624. The summed E-state index contributed by atoms with van der Waals surface area (Å²) in [6.07, 6.45) is 0. The summed E-state index contributed by atoms with van der Waals surface area (Å²) in [4.78, 5) is 4.84. The van der Waals surface area contributed by atoms with Crippen LogP contribution >= 0.6 is 15.9 Å². The second-order valence-corrected chi connectivity index (χ2v) is 7.62. The molecular weight excluding hydrogens is 395 g/mol. The Morgan fingerprint density at radius 3 is 2.58 bits per heavy atom. The maximum atomic E-state index is 14.6. The molecule has 6 heteroatoms. The quantitative estimate of drug-likeness (QED) is 0.579. The number of fused-ring (bicyclic) bond motifs is 3. The largest absolute Gasteiger partial charge is 0.280 e. The van der Waals surface area contributed by atoms with Crippen molar-refractivity contribution in [2.45, 2.75) is 32.7 Å². The van der Waals surface area contributed by atoms with Crippen LogP contribution in [0.2, 0.25) is 0 Å². The Balaban J connectivity index is 2.06. The molecule has 1 aliphatic rings. The molecule has 4 nitrogen and oxygen atoms in total. The van der Waals surface area contributed by atoms with Gasteiger partial charge in [0.15, 0.2) is 5.82 Å². The van der Waals surface area contributed by atoms with Crippen molar-refractivity contribution in [1.82, 2.24) is 14.8 Å². The first-order valence-electron chi connectivity index (χ1n) is 8.55. The van der Waals surface area contributed by atoms with E-state index < -0.39 is 0 Å². The highest BCUT2D eigenvalue weighted by molar-refractivity contribution is 9.10. The Hall–Kier alpha value is -2.34. The average Bonchev–Trinajstić information content (AvgIpc) is 3.01. The second kappa shape index (κ2) is 6.43. The third kappa shape index (κ3) is 2.69. The minimum Gasteiger partial charge on any atom is -0.280 e. The van der Waals surface area contributed by atoms with Crippen LogP contribution in [0.25, 0.3) is 5.69 Å². The fraction of sp³-hybridized carbons (Fsp3) is 0.250. The van der Waals surface area contributed by atoms with E-state index >= 15 is 0 Å². The Morgan fingerprint density at radius 1 is 1.08 bits per heavy atom. The molecule has 0 saturated carbocycles. The average molecular weight is 413 g/mol. The number of hydrogen-bond acceptors (Lipinski definition) is 3. The van der Waals surface area contributed by atoms with Gasteiger partial charge in [0.25, 0.3) is 0 Å². The van der Waals surface area contributed by atoms with Crippen molar-refractivity contribution in [1.29, 1.82) is 0 Å². The lowest BCUT2D eigenvalue weighted by Gasteiger charge is -2.15. The number of benzene rings is 2. The van der Waals surface area contributed by atoms with Crippen molar-refractivity contribution in [3.8, 4) is 5.69 Å². The van der Waals surface area contributed by atoms with Crippen molar-refractivity contribution in [3.05, 3.63) is 75.5 Å². The molecule has 1 atom stereocenters. The van der Waals surface area contributed by atoms with E-state index in [1.54, 1.807) is 12.1 Å². The lowest BCUT2D eigenvalue weighted by Crippen LogP contribution is -2.11. The fourth-order valence-corrected chi connectivity index (χ4v) is 3.64. The Bertz CT molecular complexity index is 1020. The first-order chi connectivity index (χ1) is 12.5. The van der Waals surface area contributed by atoms with E-state index in [0.29, 0.717) is 11.3 Å². The number of rotatable bonds is 2. The molecule has 26 heavy (non-hydrogen) atoms. The summed E-state index contributed by atoms with van der Waals surface area (Å²) in [6, 6.07) is 12.5. The molecule has 1 aromatic heterocycles. The third-order valence-electron chi connectivity index (χ3n) is 4.51. The molecule has 3 aromatic rings. The molecule has 2 heterocycles. The van der Waals surface area contributed by atoms with E-state index in [1.165, 1.54) is 6.07 Å². The topological polar surface area (TPSA) is 43.1 Å². The van der Waals surface area contributed by atoms with E-state index in [2.05, 4.69) is 44.5 Å². The van der Waals surface area contributed by atoms with E-state index in [0.717, 1.165) is 27.4 Å². The van der Waals surface area contributed by atoms with Crippen LogP contribution in [0, 0.1) is 5.82 Å². The van der Waals surface area contributed by atoms with Gasteiger partial charge in [0.05, 0.1) is 11.4 Å². The monoisotopic (exact) mass is 412 g/mol. The van der Waals surface area contributed by atoms with Crippen LogP contribution in [0.15, 0.2) is 51.9 Å². The van der Waals surface area contributed by atoms with Gasteiger partial charge in [0, 0.05) is 21.5 Å². The first kappa shape index (κ1) is 17.1. The molecule has 1 aliphatic heterocycles. The summed E-state index contributed by atoms with van der Waals surface area (Å²) < 4.78 is 17.5. The molecule has 0 spiro atoms. The van der Waals surface area contributed by atoms with Gasteiger partial charge in [0.1, 0.15) is 17.7 Å². The summed E-state index contributed by atoms with van der Waals surface area (Å²) in [5, 5.41) is 8.78. The Morgan fingerprint density at radius 2 is 1.85 bits per heavy atom. The molecule has 0 saturated heterocycles. The van der Waals surface area contributed by atoms with E-state index in [9.17, 15) is 4.39 Å². The molecule has 0 amide bonds. The zero-order valence-electron chi connectivity index (χ0n) is 14.7. The zero-order chi connectivity index (χ0) is 18.4. The molecular formula is C20H18BrFN4. The van der Waals surface area contributed by atoms with Crippen molar-refractivity contribution < 1.29 is 4.39 Å². The molecule has 0 N–H and O–H groups in total. The summed E-state index contributed by atoms with van der Waals surface area (Å²) in [6.45, 7) is 6.14. The molecule has 0 radical (unpaired) electrons. The van der Waals surface area contributed by atoms with E-state index in [4.69, 9.17) is 4.99 Å². The molecule has 0 fully saturated rings. The van der Waals surface area contributed by atoms with Gasteiger partial charge in [0.2, 0.25) is 0 Å². The smallest absolute Gasteiger partial charge is 0.162 e.